The standard InChI is InChI=1S/C18H27N3O3.ClH/c1-11(2)15(19)17(23)21-14(10-12-6-4-3-5-7-12)16(22)18(24)20-13-8-9-13;/h3-7,11,13-16,22H,8-10,19H2,1-2H3,(H,20,24)(H,21,23);1H. The summed E-state index contributed by atoms with van der Waals surface area (Å²) in [7, 11) is 0. The summed E-state index contributed by atoms with van der Waals surface area (Å²) in [5.74, 6) is -0.833. The van der Waals surface area contributed by atoms with E-state index in [1.54, 1.807) is 0 Å². The second-order valence-electron chi connectivity index (χ2n) is 6.80. The summed E-state index contributed by atoms with van der Waals surface area (Å²) in [5, 5.41) is 15.9. The second-order valence-corrected chi connectivity index (χ2v) is 6.80. The molecule has 0 spiro atoms. The van der Waals surface area contributed by atoms with Crippen LogP contribution in [-0.2, 0) is 16.0 Å². The molecule has 140 valence electrons. The van der Waals surface area contributed by atoms with Crippen LogP contribution in [0.3, 0.4) is 0 Å². The van der Waals surface area contributed by atoms with E-state index in [0.717, 1.165) is 18.4 Å². The van der Waals surface area contributed by atoms with E-state index in [1.165, 1.54) is 0 Å². The molecule has 1 aromatic rings. The van der Waals surface area contributed by atoms with Gasteiger partial charge in [0.15, 0.2) is 6.10 Å². The van der Waals surface area contributed by atoms with Crippen LogP contribution in [0.5, 0.6) is 0 Å². The van der Waals surface area contributed by atoms with Crippen molar-refractivity contribution in [3.05, 3.63) is 35.9 Å². The highest BCUT2D eigenvalue weighted by Crippen LogP contribution is 2.19. The fourth-order valence-corrected chi connectivity index (χ4v) is 2.39. The van der Waals surface area contributed by atoms with Crippen molar-refractivity contribution in [3.63, 3.8) is 0 Å². The molecule has 3 unspecified atom stereocenters. The van der Waals surface area contributed by atoms with Crippen molar-refractivity contribution in [1.82, 2.24) is 10.6 Å². The Hall–Kier alpha value is -1.63. The van der Waals surface area contributed by atoms with E-state index in [0.29, 0.717) is 6.42 Å². The number of halogens is 1. The lowest BCUT2D eigenvalue weighted by atomic mass is 9.98. The number of amides is 2. The lowest BCUT2D eigenvalue weighted by Crippen LogP contribution is -2.56. The molecule has 6 nitrogen and oxygen atoms in total. The number of rotatable bonds is 8. The minimum Gasteiger partial charge on any atom is -0.381 e. The fraction of sp³-hybridized carbons (Fsp3) is 0.556. The maximum absolute atomic E-state index is 12.3. The Labute approximate surface area is 155 Å². The Morgan fingerprint density at radius 2 is 1.80 bits per heavy atom. The van der Waals surface area contributed by atoms with Crippen LogP contribution in [0.25, 0.3) is 0 Å². The van der Waals surface area contributed by atoms with Gasteiger partial charge in [-0.3, -0.25) is 9.59 Å². The van der Waals surface area contributed by atoms with E-state index in [2.05, 4.69) is 10.6 Å². The van der Waals surface area contributed by atoms with Crippen LogP contribution in [0.4, 0.5) is 0 Å². The van der Waals surface area contributed by atoms with Crippen molar-refractivity contribution in [2.45, 2.75) is 57.3 Å². The van der Waals surface area contributed by atoms with E-state index in [1.807, 2.05) is 44.2 Å². The van der Waals surface area contributed by atoms with Crippen LogP contribution in [0, 0.1) is 5.92 Å². The van der Waals surface area contributed by atoms with Crippen LogP contribution in [-0.4, -0.2) is 41.2 Å². The van der Waals surface area contributed by atoms with Crippen LogP contribution in [0.15, 0.2) is 30.3 Å². The summed E-state index contributed by atoms with van der Waals surface area (Å²) in [6.07, 6.45) is 0.921. The van der Waals surface area contributed by atoms with Crippen molar-refractivity contribution in [3.8, 4) is 0 Å². The topological polar surface area (TPSA) is 104 Å². The van der Waals surface area contributed by atoms with Gasteiger partial charge in [-0.05, 0) is 30.7 Å². The van der Waals surface area contributed by atoms with E-state index in [-0.39, 0.29) is 30.3 Å². The van der Waals surface area contributed by atoms with Gasteiger partial charge >= 0.3 is 0 Å². The van der Waals surface area contributed by atoms with Crippen LogP contribution in [0.1, 0.15) is 32.3 Å². The second kappa shape index (κ2) is 9.75. The summed E-state index contributed by atoms with van der Waals surface area (Å²) in [6.45, 7) is 3.71. The molecule has 2 amide bonds. The predicted molar refractivity (Wildman–Crippen MR) is 99.3 cm³/mol. The molecular formula is C18H28ClN3O3. The third-order valence-corrected chi connectivity index (χ3v) is 4.22. The van der Waals surface area contributed by atoms with Gasteiger partial charge in [0, 0.05) is 6.04 Å². The molecule has 0 saturated heterocycles. The Bertz CT molecular complexity index is 564. The molecule has 25 heavy (non-hydrogen) atoms. The molecule has 1 fully saturated rings. The third-order valence-electron chi connectivity index (χ3n) is 4.22. The molecule has 5 N–H and O–H groups in total. The summed E-state index contributed by atoms with van der Waals surface area (Å²) in [5.41, 5.74) is 6.80. The molecule has 1 aromatic carbocycles. The molecular weight excluding hydrogens is 342 g/mol. The van der Waals surface area contributed by atoms with Gasteiger partial charge in [0.1, 0.15) is 0 Å². The van der Waals surface area contributed by atoms with Gasteiger partial charge in [-0.15, -0.1) is 12.4 Å². The first-order chi connectivity index (χ1) is 11.4. The average molecular weight is 370 g/mol. The maximum Gasteiger partial charge on any atom is 0.251 e. The smallest absolute Gasteiger partial charge is 0.251 e. The SMILES string of the molecule is CC(C)C(N)C(=O)NC(Cc1ccccc1)C(O)C(=O)NC1CC1.Cl. The van der Waals surface area contributed by atoms with Crippen LogP contribution in [0.2, 0.25) is 0 Å². The number of aliphatic hydroxyl groups excluding tert-OH is 1. The largest absolute Gasteiger partial charge is 0.381 e. The predicted octanol–water partition coefficient (Wildman–Crippen LogP) is 0.758. The highest BCUT2D eigenvalue weighted by atomic mass is 35.5. The molecule has 0 heterocycles. The first kappa shape index (κ1) is 21.4. The Morgan fingerprint density at radius 1 is 1.20 bits per heavy atom. The molecule has 0 aliphatic heterocycles. The van der Waals surface area contributed by atoms with Crippen molar-refractivity contribution < 1.29 is 14.7 Å². The van der Waals surface area contributed by atoms with Gasteiger partial charge in [0.25, 0.3) is 5.91 Å². The summed E-state index contributed by atoms with van der Waals surface area (Å²) in [6, 6.07) is 8.20. The van der Waals surface area contributed by atoms with Gasteiger partial charge in [0.2, 0.25) is 5.91 Å². The number of hydrogen-bond donors (Lipinski definition) is 4. The molecule has 7 heteroatoms. The molecule has 2 rings (SSSR count). The van der Waals surface area contributed by atoms with Crippen LogP contribution < -0.4 is 16.4 Å². The van der Waals surface area contributed by atoms with E-state index in [9.17, 15) is 14.7 Å². The molecule has 3 atom stereocenters. The van der Waals surface area contributed by atoms with Crippen molar-refractivity contribution in [2.24, 2.45) is 11.7 Å². The summed E-state index contributed by atoms with van der Waals surface area (Å²) < 4.78 is 0. The fourth-order valence-electron chi connectivity index (χ4n) is 2.39. The first-order valence-corrected chi connectivity index (χ1v) is 8.46. The minimum absolute atomic E-state index is 0. The quantitative estimate of drug-likeness (QED) is 0.543. The van der Waals surface area contributed by atoms with Gasteiger partial charge in [-0.2, -0.15) is 0 Å². The monoisotopic (exact) mass is 369 g/mol. The highest BCUT2D eigenvalue weighted by molar-refractivity contribution is 5.86. The highest BCUT2D eigenvalue weighted by Gasteiger charge is 2.33. The number of aliphatic hydroxyl groups is 1. The van der Waals surface area contributed by atoms with Gasteiger partial charge in [-0.1, -0.05) is 44.2 Å². The molecule has 0 radical (unpaired) electrons. The Balaban J connectivity index is 0.00000312. The Morgan fingerprint density at radius 3 is 2.32 bits per heavy atom. The normalized spacial score (nSPS) is 17.2. The van der Waals surface area contributed by atoms with E-state index >= 15 is 0 Å². The maximum atomic E-state index is 12.3. The number of nitrogens with one attached hydrogen (secondary N) is 2. The van der Waals surface area contributed by atoms with Crippen molar-refractivity contribution in [2.75, 3.05) is 0 Å². The number of benzene rings is 1. The van der Waals surface area contributed by atoms with Crippen molar-refractivity contribution in [1.29, 1.82) is 0 Å². The number of hydrogen-bond acceptors (Lipinski definition) is 4. The number of carbonyl (C=O) groups is 2. The summed E-state index contributed by atoms with van der Waals surface area (Å²) >= 11 is 0. The molecule has 0 aromatic heterocycles. The van der Waals surface area contributed by atoms with Gasteiger partial charge in [-0.25, -0.2) is 0 Å². The zero-order valence-electron chi connectivity index (χ0n) is 14.6. The average Bonchev–Trinajstić information content (AvgIpc) is 3.37. The van der Waals surface area contributed by atoms with Crippen LogP contribution >= 0.6 is 12.4 Å². The number of nitrogens with two attached hydrogens (primary N) is 1. The minimum atomic E-state index is -1.31. The zero-order valence-corrected chi connectivity index (χ0v) is 15.5. The zero-order chi connectivity index (χ0) is 17.7. The lowest BCUT2D eigenvalue weighted by Gasteiger charge is -2.26. The molecule has 1 saturated carbocycles. The van der Waals surface area contributed by atoms with E-state index < -0.39 is 24.1 Å². The first-order valence-electron chi connectivity index (χ1n) is 8.46. The van der Waals surface area contributed by atoms with Crippen molar-refractivity contribution >= 4 is 24.2 Å². The van der Waals surface area contributed by atoms with Gasteiger partial charge < -0.3 is 21.5 Å². The molecule has 1 aliphatic carbocycles. The van der Waals surface area contributed by atoms with Gasteiger partial charge in [0.05, 0.1) is 12.1 Å². The molecule has 1 aliphatic rings. The third kappa shape index (κ3) is 6.65. The number of carbonyl (C=O) groups excluding carboxylic acids is 2. The summed E-state index contributed by atoms with van der Waals surface area (Å²) in [4.78, 5) is 24.4. The lowest BCUT2D eigenvalue weighted by molar-refractivity contribution is -0.132. The Kier molecular flexibility index (Phi) is 8.35. The van der Waals surface area contributed by atoms with E-state index in [4.69, 9.17) is 5.73 Å². The molecule has 0 bridgehead atoms.